The SMILES string of the molecule is CCn1c(=O)n(CCC(=O)NCCCOc2ccccc2F)c2ccccc21. The fraction of sp³-hybridized carbons (Fsp3) is 0.333. The lowest BCUT2D eigenvalue weighted by atomic mass is 10.3. The molecule has 7 heteroatoms. The molecule has 1 N–H and O–H groups in total. The van der Waals surface area contributed by atoms with Gasteiger partial charge in [0.15, 0.2) is 11.6 Å². The zero-order valence-corrected chi connectivity index (χ0v) is 15.9. The van der Waals surface area contributed by atoms with Crippen molar-refractivity contribution < 1.29 is 13.9 Å². The van der Waals surface area contributed by atoms with Gasteiger partial charge < -0.3 is 10.1 Å². The molecular weight excluding hydrogens is 361 g/mol. The minimum absolute atomic E-state index is 0.102. The summed E-state index contributed by atoms with van der Waals surface area (Å²) in [7, 11) is 0. The van der Waals surface area contributed by atoms with E-state index in [1.165, 1.54) is 6.07 Å². The van der Waals surface area contributed by atoms with E-state index in [2.05, 4.69) is 5.32 Å². The van der Waals surface area contributed by atoms with Gasteiger partial charge >= 0.3 is 5.69 Å². The van der Waals surface area contributed by atoms with Crippen LogP contribution in [-0.4, -0.2) is 28.2 Å². The molecule has 0 radical (unpaired) electrons. The second-order valence-electron chi connectivity index (χ2n) is 6.40. The number of hydrogen-bond donors (Lipinski definition) is 1. The molecule has 2 aromatic carbocycles. The number of hydrogen-bond acceptors (Lipinski definition) is 3. The smallest absolute Gasteiger partial charge is 0.329 e. The van der Waals surface area contributed by atoms with Crippen molar-refractivity contribution >= 4 is 16.9 Å². The molecule has 0 spiro atoms. The van der Waals surface area contributed by atoms with Crippen molar-refractivity contribution in [1.29, 1.82) is 0 Å². The average Bonchev–Trinajstić information content (AvgIpc) is 2.98. The number of ether oxygens (including phenoxy) is 1. The van der Waals surface area contributed by atoms with Crippen LogP contribution >= 0.6 is 0 Å². The van der Waals surface area contributed by atoms with Crippen molar-refractivity contribution in [3.63, 3.8) is 0 Å². The highest BCUT2D eigenvalue weighted by molar-refractivity contribution is 5.77. The topological polar surface area (TPSA) is 65.3 Å². The molecule has 3 rings (SSSR count). The van der Waals surface area contributed by atoms with Crippen molar-refractivity contribution in [2.45, 2.75) is 32.9 Å². The van der Waals surface area contributed by atoms with Gasteiger partial charge in [0.1, 0.15) is 0 Å². The largest absolute Gasteiger partial charge is 0.490 e. The van der Waals surface area contributed by atoms with Gasteiger partial charge in [-0.3, -0.25) is 13.9 Å². The number of aromatic nitrogens is 2. The fourth-order valence-corrected chi connectivity index (χ4v) is 3.14. The van der Waals surface area contributed by atoms with Gasteiger partial charge in [-0.15, -0.1) is 0 Å². The van der Waals surface area contributed by atoms with Gasteiger partial charge in [-0.1, -0.05) is 24.3 Å². The lowest BCUT2D eigenvalue weighted by molar-refractivity contribution is -0.121. The quantitative estimate of drug-likeness (QED) is 0.576. The van der Waals surface area contributed by atoms with Crippen LogP contribution in [0.4, 0.5) is 4.39 Å². The van der Waals surface area contributed by atoms with E-state index in [4.69, 9.17) is 4.74 Å². The number of rotatable bonds is 9. The molecule has 28 heavy (non-hydrogen) atoms. The van der Waals surface area contributed by atoms with Crippen LogP contribution in [0.15, 0.2) is 53.3 Å². The van der Waals surface area contributed by atoms with Gasteiger partial charge in [0, 0.05) is 26.1 Å². The van der Waals surface area contributed by atoms with Crippen molar-refractivity contribution in [2.75, 3.05) is 13.2 Å². The van der Waals surface area contributed by atoms with Gasteiger partial charge in [0.25, 0.3) is 0 Å². The maximum Gasteiger partial charge on any atom is 0.329 e. The van der Waals surface area contributed by atoms with Crippen molar-refractivity contribution in [3.05, 3.63) is 64.8 Å². The maximum atomic E-state index is 13.4. The van der Waals surface area contributed by atoms with Gasteiger partial charge in [-0.25, -0.2) is 9.18 Å². The Morgan fingerprint density at radius 3 is 2.46 bits per heavy atom. The molecule has 0 aliphatic rings. The number of nitrogens with zero attached hydrogens (tertiary/aromatic N) is 2. The normalized spacial score (nSPS) is 10.9. The van der Waals surface area contributed by atoms with E-state index in [0.717, 1.165) is 11.0 Å². The second-order valence-corrected chi connectivity index (χ2v) is 6.40. The predicted octanol–water partition coefficient (Wildman–Crippen LogP) is 2.94. The second kappa shape index (κ2) is 9.21. The first-order valence-corrected chi connectivity index (χ1v) is 9.44. The van der Waals surface area contributed by atoms with Gasteiger partial charge in [0.05, 0.1) is 17.6 Å². The Morgan fingerprint density at radius 2 is 1.75 bits per heavy atom. The predicted molar refractivity (Wildman–Crippen MR) is 106 cm³/mol. The Kier molecular flexibility index (Phi) is 6.47. The summed E-state index contributed by atoms with van der Waals surface area (Å²) in [6.45, 7) is 3.57. The zero-order chi connectivity index (χ0) is 19.9. The average molecular weight is 385 g/mol. The third kappa shape index (κ3) is 4.42. The molecular formula is C21H24FN3O3. The highest BCUT2D eigenvalue weighted by atomic mass is 19.1. The summed E-state index contributed by atoms with van der Waals surface area (Å²) in [5, 5.41) is 2.81. The highest BCUT2D eigenvalue weighted by Gasteiger charge is 2.12. The minimum atomic E-state index is -0.400. The number of nitrogens with one attached hydrogen (secondary N) is 1. The Morgan fingerprint density at radius 1 is 1.07 bits per heavy atom. The fourth-order valence-electron chi connectivity index (χ4n) is 3.14. The third-order valence-corrected chi connectivity index (χ3v) is 4.54. The van der Waals surface area contributed by atoms with Gasteiger partial charge in [-0.05, 0) is 37.6 Å². The van der Waals surface area contributed by atoms with Crippen molar-refractivity contribution in [1.82, 2.24) is 14.5 Å². The first-order valence-electron chi connectivity index (χ1n) is 9.44. The van der Waals surface area contributed by atoms with E-state index in [9.17, 15) is 14.0 Å². The third-order valence-electron chi connectivity index (χ3n) is 4.54. The molecule has 1 amide bonds. The number of imidazole rings is 1. The Hall–Kier alpha value is -3.09. The van der Waals surface area contributed by atoms with Crippen molar-refractivity contribution in [3.8, 4) is 5.75 Å². The highest BCUT2D eigenvalue weighted by Crippen LogP contribution is 2.15. The molecule has 1 heterocycles. The van der Waals surface area contributed by atoms with Crippen LogP contribution in [0.2, 0.25) is 0 Å². The molecule has 1 aromatic heterocycles. The van der Waals surface area contributed by atoms with Crippen LogP contribution in [0.3, 0.4) is 0 Å². The molecule has 0 saturated carbocycles. The van der Waals surface area contributed by atoms with Crippen LogP contribution in [0.5, 0.6) is 5.75 Å². The van der Waals surface area contributed by atoms with Gasteiger partial charge in [0.2, 0.25) is 5.91 Å². The number of carbonyl (C=O) groups is 1. The van der Waals surface area contributed by atoms with Crippen LogP contribution in [0.1, 0.15) is 19.8 Å². The van der Waals surface area contributed by atoms with Crippen LogP contribution < -0.4 is 15.7 Å². The van der Waals surface area contributed by atoms with E-state index < -0.39 is 5.82 Å². The molecule has 0 aliphatic carbocycles. The van der Waals surface area contributed by atoms with Crippen LogP contribution in [0.25, 0.3) is 11.0 Å². The minimum Gasteiger partial charge on any atom is -0.490 e. The van der Waals surface area contributed by atoms with E-state index in [-0.39, 0.29) is 23.8 Å². The molecule has 3 aromatic rings. The summed E-state index contributed by atoms with van der Waals surface area (Å²) >= 11 is 0. The molecule has 0 unspecified atom stereocenters. The summed E-state index contributed by atoms with van der Waals surface area (Å²) in [6, 6.07) is 13.8. The van der Waals surface area contributed by atoms with Crippen LogP contribution in [-0.2, 0) is 17.9 Å². The summed E-state index contributed by atoms with van der Waals surface area (Å²) < 4.78 is 22.1. The monoisotopic (exact) mass is 385 g/mol. The number of para-hydroxylation sites is 3. The van der Waals surface area contributed by atoms with E-state index >= 15 is 0 Å². The Labute approximate surface area is 162 Å². The van der Waals surface area contributed by atoms with E-state index in [1.807, 2.05) is 31.2 Å². The van der Waals surface area contributed by atoms with Crippen molar-refractivity contribution in [2.24, 2.45) is 0 Å². The number of aryl methyl sites for hydroxylation is 2. The number of fused-ring (bicyclic) bond motifs is 1. The summed E-state index contributed by atoms with van der Waals surface area (Å²) in [5.41, 5.74) is 1.61. The standard InChI is InChI=1S/C21H24FN3O3/c1-2-24-17-9-4-5-10-18(17)25(21(24)27)14-12-20(26)23-13-7-15-28-19-11-6-3-8-16(19)22/h3-6,8-11H,2,7,12-15H2,1H3,(H,23,26). The lowest BCUT2D eigenvalue weighted by Gasteiger charge is -2.08. The van der Waals surface area contributed by atoms with E-state index in [0.29, 0.717) is 32.7 Å². The first kappa shape index (κ1) is 19.7. The molecule has 6 nitrogen and oxygen atoms in total. The van der Waals surface area contributed by atoms with E-state index in [1.54, 1.807) is 27.3 Å². The summed E-state index contributed by atoms with van der Waals surface area (Å²) in [6.07, 6.45) is 0.779. The number of amides is 1. The summed E-state index contributed by atoms with van der Waals surface area (Å²) in [4.78, 5) is 24.6. The Balaban J connectivity index is 1.46. The molecule has 0 saturated heterocycles. The number of halogens is 1. The molecule has 0 bridgehead atoms. The zero-order valence-electron chi connectivity index (χ0n) is 15.9. The molecule has 0 aliphatic heterocycles. The lowest BCUT2D eigenvalue weighted by Crippen LogP contribution is -2.29. The number of carbonyl (C=O) groups excluding carboxylic acids is 1. The molecule has 0 fully saturated rings. The van der Waals surface area contributed by atoms with Crippen LogP contribution in [0, 0.1) is 5.82 Å². The summed E-state index contributed by atoms with van der Waals surface area (Å²) in [5.74, 6) is -0.324. The molecule has 0 atom stereocenters. The number of benzene rings is 2. The Bertz CT molecular complexity index is 1010. The first-order chi connectivity index (χ1) is 13.6. The maximum absolute atomic E-state index is 13.4. The molecule has 148 valence electrons. The van der Waals surface area contributed by atoms with Gasteiger partial charge in [-0.2, -0.15) is 0 Å².